The second kappa shape index (κ2) is 18.5. The van der Waals surface area contributed by atoms with Gasteiger partial charge in [-0.05, 0) is 79.3 Å². The van der Waals surface area contributed by atoms with Gasteiger partial charge < -0.3 is 35.1 Å². The predicted molar refractivity (Wildman–Crippen MR) is 194 cm³/mol. The molecular formula is C41H53N3O7. The Bertz CT molecular complexity index is 1530. The Morgan fingerprint density at radius 3 is 2.35 bits per heavy atom. The van der Waals surface area contributed by atoms with E-state index in [1.54, 1.807) is 0 Å². The Balaban J connectivity index is 1.15. The number of hydrogen-bond acceptors (Lipinski definition) is 8. The largest absolute Gasteiger partial charge is 0.492 e. The van der Waals surface area contributed by atoms with Crippen molar-refractivity contribution in [3.63, 3.8) is 0 Å². The summed E-state index contributed by atoms with van der Waals surface area (Å²) in [6.07, 6.45) is 3.72. The first-order valence-electron chi connectivity index (χ1n) is 18.7. The second-order valence-electron chi connectivity index (χ2n) is 14.2. The molecule has 0 radical (unpaired) electrons. The summed E-state index contributed by atoms with van der Waals surface area (Å²) in [7, 11) is 0. The van der Waals surface area contributed by atoms with E-state index in [1.807, 2.05) is 78.9 Å². The summed E-state index contributed by atoms with van der Waals surface area (Å²) >= 11 is 0. The highest BCUT2D eigenvalue weighted by Gasteiger charge is 2.35. The Morgan fingerprint density at radius 2 is 1.59 bits per heavy atom. The highest BCUT2D eigenvalue weighted by Crippen LogP contribution is 2.32. The molecule has 0 bridgehead atoms. The van der Waals surface area contributed by atoms with E-state index in [0.29, 0.717) is 25.9 Å². The fourth-order valence-corrected chi connectivity index (χ4v) is 7.55. The number of aliphatic hydroxyl groups is 2. The van der Waals surface area contributed by atoms with Crippen molar-refractivity contribution in [2.45, 2.75) is 88.2 Å². The molecule has 1 saturated heterocycles. The molecule has 0 aromatic heterocycles. The molecule has 6 rings (SSSR count). The van der Waals surface area contributed by atoms with E-state index in [4.69, 9.17) is 14.2 Å². The van der Waals surface area contributed by atoms with Crippen molar-refractivity contribution >= 4 is 12.0 Å². The fourth-order valence-electron chi connectivity index (χ4n) is 7.55. The molecule has 2 fully saturated rings. The number of benzene rings is 3. The fraction of sp³-hybridized carbons (Fsp3) is 0.512. The summed E-state index contributed by atoms with van der Waals surface area (Å²) in [6.45, 7) is 4.71. The van der Waals surface area contributed by atoms with Gasteiger partial charge in [-0.2, -0.15) is 0 Å². The molecule has 1 heterocycles. The molecule has 274 valence electrons. The summed E-state index contributed by atoms with van der Waals surface area (Å²) in [4.78, 5) is 29.6. The third kappa shape index (κ3) is 10.8. The van der Waals surface area contributed by atoms with E-state index in [0.717, 1.165) is 93.0 Å². The topological polar surface area (TPSA) is 130 Å². The lowest BCUT2D eigenvalue weighted by Crippen LogP contribution is -2.48. The summed E-state index contributed by atoms with van der Waals surface area (Å²) in [5.41, 5.74) is 3.79. The molecule has 4 N–H and O–H groups in total. The van der Waals surface area contributed by atoms with Gasteiger partial charge in [0.05, 0.1) is 37.5 Å². The number of alkyl carbamates (subject to hydrolysis) is 1. The van der Waals surface area contributed by atoms with Crippen LogP contribution in [-0.2, 0) is 33.5 Å². The maximum absolute atomic E-state index is 14.1. The number of carbonyl (C=O) groups excluding carboxylic acids is 2. The first-order chi connectivity index (χ1) is 24.9. The number of fused-ring (bicyclic) bond motifs is 1. The minimum absolute atomic E-state index is 0.0926. The molecule has 5 atom stereocenters. The van der Waals surface area contributed by atoms with E-state index in [-0.39, 0.29) is 18.4 Å². The molecular weight excluding hydrogens is 646 g/mol. The van der Waals surface area contributed by atoms with Crippen LogP contribution in [0.2, 0.25) is 0 Å². The molecule has 1 saturated carbocycles. The summed E-state index contributed by atoms with van der Waals surface area (Å²) in [5, 5.41) is 28.8. The quantitative estimate of drug-likeness (QED) is 0.179. The average molecular weight is 700 g/mol. The minimum Gasteiger partial charge on any atom is -0.492 e. The number of hydrogen-bond donors (Lipinski definition) is 4. The number of aliphatic hydroxyl groups excluding tert-OH is 2. The van der Waals surface area contributed by atoms with Gasteiger partial charge in [-0.3, -0.25) is 9.69 Å². The second-order valence-corrected chi connectivity index (χ2v) is 14.2. The van der Waals surface area contributed by atoms with Gasteiger partial charge in [-0.25, -0.2) is 4.79 Å². The Labute approximate surface area is 301 Å². The van der Waals surface area contributed by atoms with Gasteiger partial charge >= 0.3 is 6.09 Å². The van der Waals surface area contributed by atoms with E-state index < -0.39 is 36.3 Å². The van der Waals surface area contributed by atoms with Crippen LogP contribution in [0.3, 0.4) is 0 Å². The lowest BCUT2D eigenvalue weighted by molar-refractivity contribution is -0.127. The van der Waals surface area contributed by atoms with Crippen LogP contribution in [0.1, 0.15) is 66.8 Å². The monoisotopic (exact) mass is 699 g/mol. The lowest BCUT2D eigenvalue weighted by Gasteiger charge is -2.29. The van der Waals surface area contributed by atoms with Gasteiger partial charge in [0.1, 0.15) is 18.5 Å². The number of ether oxygens (including phenoxy) is 3. The van der Waals surface area contributed by atoms with Gasteiger partial charge in [0.15, 0.2) is 0 Å². The molecule has 2 amide bonds. The van der Waals surface area contributed by atoms with Crippen molar-refractivity contribution in [2.24, 2.45) is 5.92 Å². The molecule has 3 aromatic carbocycles. The van der Waals surface area contributed by atoms with Gasteiger partial charge in [-0.1, -0.05) is 73.2 Å². The Hall–Kier alpha value is -3.96. The molecule has 2 aliphatic carbocycles. The van der Waals surface area contributed by atoms with E-state index >= 15 is 0 Å². The van der Waals surface area contributed by atoms with Crippen molar-refractivity contribution in [3.05, 3.63) is 101 Å². The Kier molecular flexibility index (Phi) is 13.4. The number of nitrogens with zero attached hydrogens (tertiary/aromatic N) is 1. The van der Waals surface area contributed by atoms with Crippen LogP contribution in [0.4, 0.5) is 4.79 Å². The van der Waals surface area contributed by atoms with E-state index in [1.165, 1.54) is 0 Å². The van der Waals surface area contributed by atoms with Crippen LogP contribution in [0.15, 0.2) is 78.9 Å². The maximum Gasteiger partial charge on any atom is 0.407 e. The molecule has 3 aliphatic rings. The highest BCUT2D eigenvalue weighted by molar-refractivity contribution is 5.80. The minimum atomic E-state index is -1.05. The third-order valence-electron chi connectivity index (χ3n) is 10.5. The predicted octanol–water partition coefficient (Wildman–Crippen LogP) is 4.75. The molecule has 51 heavy (non-hydrogen) atoms. The van der Waals surface area contributed by atoms with E-state index in [9.17, 15) is 19.8 Å². The number of nitrogens with one attached hydrogen (secondary N) is 2. The van der Waals surface area contributed by atoms with Crippen molar-refractivity contribution in [2.75, 3.05) is 39.5 Å². The average Bonchev–Trinajstić information content (AvgIpc) is 3.47. The van der Waals surface area contributed by atoms with Crippen LogP contribution < -0.4 is 15.4 Å². The zero-order valence-corrected chi connectivity index (χ0v) is 29.5. The number of morpholine rings is 1. The van der Waals surface area contributed by atoms with Gasteiger partial charge in [-0.15, -0.1) is 0 Å². The normalized spacial score (nSPS) is 21.2. The van der Waals surface area contributed by atoms with Crippen LogP contribution in [0.5, 0.6) is 5.75 Å². The molecule has 10 heteroatoms. The van der Waals surface area contributed by atoms with Crippen LogP contribution in [-0.4, -0.2) is 90.9 Å². The lowest BCUT2D eigenvalue weighted by atomic mass is 9.88. The summed E-state index contributed by atoms with van der Waals surface area (Å²) in [5.74, 6) is -0.159. The first kappa shape index (κ1) is 36.8. The maximum atomic E-state index is 14.1. The Morgan fingerprint density at radius 1 is 0.882 bits per heavy atom. The third-order valence-corrected chi connectivity index (χ3v) is 10.5. The molecule has 0 spiro atoms. The van der Waals surface area contributed by atoms with Gasteiger partial charge in [0, 0.05) is 32.0 Å². The van der Waals surface area contributed by atoms with Gasteiger partial charge in [0.25, 0.3) is 0 Å². The van der Waals surface area contributed by atoms with Crippen molar-refractivity contribution in [1.82, 2.24) is 15.5 Å². The van der Waals surface area contributed by atoms with E-state index in [2.05, 4.69) is 15.5 Å². The summed E-state index contributed by atoms with van der Waals surface area (Å²) in [6, 6.07) is 24.0. The highest BCUT2D eigenvalue weighted by atomic mass is 16.6. The zero-order chi connectivity index (χ0) is 35.4. The zero-order valence-electron chi connectivity index (χ0n) is 29.5. The standard InChI is InChI=1S/C41H53N3O7/c45-37(36(26-29-9-3-1-4-10-29)42-41(48)51-34-12-5-2-6-13-34)28-32(40(47)43-39-35-14-8-7-11-31(35)27-38(39)46)25-30-15-17-33(18-16-30)50-24-21-44-19-22-49-23-20-44/h1,3-4,7-11,14-18,32,34,36-39,45-46H,2,5-6,12-13,19-28H2,(H,42,48)(H,43,47)/t32?,36?,37?,38-,39-/m0/s1. The molecule has 3 unspecified atom stereocenters. The molecule has 3 aromatic rings. The SMILES string of the molecule is O=C(NC(Cc1ccccc1)C(O)CC(Cc1ccc(OCCN2CCOCC2)cc1)C(=O)N[C@H]1c2ccccc2C[C@@H]1O)OC1CCCCC1. The van der Waals surface area contributed by atoms with Crippen molar-refractivity contribution in [1.29, 1.82) is 0 Å². The number of carbonyl (C=O) groups is 2. The number of amides is 2. The number of rotatable bonds is 15. The molecule has 10 nitrogen and oxygen atoms in total. The molecule has 1 aliphatic heterocycles. The van der Waals surface area contributed by atoms with Crippen LogP contribution >= 0.6 is 0 Å². The van der Waals surface area contributed by atoms with Crippen LogP contribution in [0, 0.1) is 5.92 Å². The van der Waals surface area contributed by atoms with Gasteiger partial charge in [0.2, 0.25) is 5.91 Å². The summed E-state index contributed by atoms with van der Waals surface area (Å²) < 4.78 is 17.2. The first-order valence-corrected chi connectivity index (χ1v) is 18.7. The smallest absolute Gasteiger partial charge is 0.407 e. The van der Waals surface area contributed by atoms with Crippen LogP contribution in [0.25, 0.3) is 0 Å². The van der Waals surface area contributed by atoms with Crippen molar-refractivity contribution in [3.8, 4) is 5.75 Å². The van der Waals surface area contributed by atoms with Crippen molar-refractivity contribution < 1.29 is 34.0 Å².